The van der Waals surface area contributed by atoms with E-state index in [4.69, 9.17) is 9.47 Å². The Bertz CT molecular complexity index is 947. The Kier molecular flexibility index (Phi) is 7.19. The highest BCUT2D eigenvalue weighted by Crippen LogP contribution is 2.21. The van der Waals surface area contributed by atoms with Crippen LogP contribution in [0.2, 0.25) is 0 Å². The number of carbonyl (C=O) groups excluding carboxylic acids is 2. The fraction of sp³-hybridized carbons (Fsp3) is 0.348. The van der Waals surface area contributed by atoms with Gasteiger partial charge in [0.1, 0.15) is 18.3 Å². The van der Waals surface area contributed by atoms with E-state index < -0.39 is 18.2 Å². The molecular weight excluding hydrogens is 384 g/mol. The smallest absolute Gasteiger partial charge is 0.331 e. The predicted molar refractivity (Wildman–Crippen MR) is 111 cm³/mol. The molecule has 1 aliphatic rings. The van der Waals surface area contributed by atoms with Crippen LogP contribution >= 0.6 is 0 Å². The molecule has 3 atom stereocenters. The average molecular weight is 410 g/mol. The van der Waals surface area contributed by atoms with Crippen LogP contribution in [-0.2, 0) is 39.0 Å². The lowest BCUT2D eigenvalue weighted by Crippen LogP contribution is -2.33. The molecule has 3 rings (SSSR count). The number of rotatable bonds is 4. The highest BCUT2D eigenvalue weighted by Gasteiger charge is 2.25. The standard InChI is InChI=1S/C23H26N2O5/c1-16(26)29-20-8-5-9-21(27)22(13-18-7-4-3-6-17(18)12-20)30-23(28)11-10-19-14-25(2)15-24-19/h3-7,9-11,14-15,20-22,27H,8,12-13H2,1-2H3/b9-5-,11-10+. The first kappa shape index (κ1) is 21.5. The molecule has 158 valence electrons. The van der Waals surface area contributed by atoms with Crippen LogP contribution in [0.4, 0.5) is 0 Å². The molecule has 0 bridgehead atoms. The molecule has 2 aromatic rings. The van der Waals surface area contributed by atoms with Crippen molar-refractivity contribution < 1.29 is 24.2 Å². The third-order valence-corrected chi connectivity index (χ3v) is 4.82. The Hall–Kier alpha value is -3.19. The Balaban J connectivity index is 1.77. The molecule has 7 nitrogen and oxygen atoms in total. The summed E-state index contributed by atoms with van der Waals surface area (Å²) in [5.74, 6) is -0.888. The Morgan fingerprint density at radius 2 is 1.93 bits per heavy atom. The van der Waals surface area contributed by atoms with E-state index in [-0.39, 0.29) is 12.1 Å². The number of aliphatic hydroxyl groups is 1. The lowest BCUT2D eigenvalue weighted by molar-refractivity contribution is -0.148. The Morgan fingerprint density at radius 1 is 1.20 bits per heavy atom. The van der Waals surface area contributed by atoms with Crippen LogP contribution in [0.1, 0.15) is 30.2 Å². The fourth-order valence-electron chi connectivity index (χ4n) is 3.41. The first-order chi connectivity index (χ1) is 14.4. The van der Waals surface area contributed by atoms with E-state index in [1.807, 2.05) is 31.3 Å². The van der Waals surface area contributed by atoms with E-state index in [2.05, 4.69) is 4.98 Å². The molecule has 0 saturated carbocycles. The molecule has 0 fully saturated rings. The summed E-state index contributed by atoms with van der Waals surface area (Å²) >= 11 is 0. The molecule has 30 heavy (non-hydrogen) atoms. The second-order valence-corrected chi connectivity index (χ2v) is 7.34. The van der Waals surface area contributed by atoms with Crippen LogP contribution in [0.5, 0.6) is 0 Å². The summed E-state index contributed by atoms with van der Waals surface area (Å²) in [7, 11) is 1.84. The molecule has 0 saturated heterocycles. The van der Waals surface area contributed by atoms with E-state index in [1.54, 1.807) is 35.3 Å². The number of hydrogen-bond donors (Lipinski definition) is 1. The van der Waals surface area contributed by atoms with E-state index in [0.29, 0.717) is 25.0 Å². The molecule has 0 amide bonds. The van der Waals surface area contributed by atoms with Gasteiger partial charge in [-0.25, -0.2) is 9.78 Å². The number of carbonyl (C=O) groups is 2. The first-order valence-electron chi connectivity index (χ1n) is 9.86. The molecule has 0 spiro atoms. The minimum absolute atomic E-state index is 0.312. The molecule has 0 radical (unpaired) electrons. The lowest BCUT2D eigenvalue weighted by atomic mass is 9.93. The second-order valence-electron chi connectivity index (χ2n) is 7.34. The van der Waals surface area contributed by atoms with Gasteiger partial charge in [0, 0.05) is 45.5 Å². The van der Waals surface area contributed by atoms with Crippen molar-refractivity contribution >= 4 is 18.0 Å². The van der Waals surface area contributed by atoms with Crippen LogP contribution in [0.3, 0.4) is 0 Å². The molecule has 1 heterocycles. The topological polar surface area (TPSA) is 90.7 Å². The van der Waals surface area contributed by atoms with Crippen molar-refractivity contribution in [3.8, 4) is 0 Å². The van der Waals surface area contributed by atoms with Crippen LogP contribution in [0.15, 0.2) is 55.0 Å². The number of esters is 2. The van der Waals surface area contributed by atoms with Crippen molar-refractivity contribution in [3.05, 3.63) is 71.8 Å². The molecule has 3 unspecified atom stereocenters. The van der Waals surface area contributed by atoms with Crippen molar-refractivity contribution in [1.82, 2.24) is 9.55 Å². The van der Waals surface area contributed by atoms with Crippen molar-refractivity contribution in [2.75, 3.05) is 0 Å². The number of imidazole rings is 1. The molecular formula is C23H26N2O5. The van der Waals surface area contributed by atoms with Gasteiger partial charge in [0.25, 0.3) is 0 Å². The van der Waals surface area contributed by atoms with Gasteiger partial charge in [-0.15, -0.1) is 0 Å². The average Bonchev–Trinajstić information content (AvgIpc) is 3.11. The van der Waals surface area contributed by atoms with Gasteiger partial charge in [-0.3, -0.25) is 4.79 Å². The highest BCUT2D eigenvalue weighted by atomic mass is 16.6. The molecule has 1 aromatic heterocycles. The zero-order valence-electron chi connectivity index (χ0n) is 17.1. The SMILES string of the molecule is CC(=O)OC1C/C=C\C(O)C(OC(=O)/C=C/c2cn(C)cn2)Cc2ccccc2C1. The Labute approximate surface area is 175 Å². The maximum absolute atomic E-state index is 12.3. The number of hydrogen-bond acceptors (Lipinski definition) is 6. The van der Waals surface area contributed by atoms with Crippen molar-refractivity contribution in [1.29, 1.82) is 0 Å². The summed E-state index contributed by atoms with van der Waals surface area (Å²) in [4.78, 5) is 27.9. The number of nitrogens with zero attached hydrogens (tertiary/aromatic N) is 2. The summed E-state index contributed by atoms with van der Waals surface area (Å²) in [5, 5.41) is 10.6. The van der Waals surface area contributed by atoms with Gasteiger partial charge in [0.05, 0.1) is 12.0 Å². The summed E-state index contributed by atoms with van der Waals surface area (Å²) in [6.07, 6.45) is 8.97. The minimum Gasteiger partial charge on any atom is -0.462 e. The van der Waals surface area contributed by atoms with Crippen molar-refractivity contribution in [2.24, 2.45) is 7.05 Å². The second kappa shape index (κ2) is 10.0. The fourth-order valence-corrected chi connectivity index (χ4v) is 3.41. The first-order valence-corrected chi connectivity index (χ1v) is 9.86. The maximum atomic E-state index is 12.3. The number of aryl methyl sites for hydroxylation is 1. The van der Waals surface area contributed by atoms with Crippen LogP contribution in [0, 0.1) is 0 Å². The number of aliphatic hydroxyl groups excluding tert-OH is 1. The minimum atomic E-state index is -0.985. The van der Waals surface area contributed by atoms with E-state index in [1.165, 1.54) is 13.0 Å². The van der Waals surface area contributed by atoms with Gasteiger partial charge in [-0.1, -0.05) is 36.4 Å². The van der Waals surface area contributed by atoms with Gasteiger partial charge in [-0.05, 0) is 17.2 Å². The van der Waals surface area contributed by atoms with E-state index in [0.717, 1.165) is 11.1 Å². The Morgan fingerprint density at radius 3 is 2.60 bits per heavy atom. The van der Waals surface area contributed by atoms with Gasteiger partial charge in [0.15, 0.2) is 0 Å². The normalized spacial score (nSPS) is 22.8. The summed E-state index contributed by atoms with van der Waals surface area (Å²) < 4.78 is 12.8. The van der Waals surface area contributed by atoms with E-state index >= 15 is 0 Å². The van der Waals surface area contributed by atoms with Gasteiger partial charge in [-0.2, -0.15) is 0 Å². The van der Waals surface area contributed by atoms with Gasteiger partial charge >= 0.3 is 11.9 Å². The van der Waals surface area contributed by atoms with Crippen LogP contribution in [-0.4, -0.2) is 44.9 Å². The zero-order chi connectivity index (χ0) is 21.5. The third-order valence-electron chi connectivity index (χ3n) is 4.82. The van der Waals surface area contributed by atoms with Crippen LogP contribution in [0.25, 0.3) is 6.08 Å². The van der Waals surface area contributed by atoms with E-state index in [9.17, 15) is 14.7 Å². The van der Waals surface area contributed by atoms with Crippen LogP contribution < -0.4 is 0 Å². The number of fused-ring (bicyclic) bond motifs is 1. The largest absolute Gasteiger partial charge is 0.462 e. The molecule has 1 aromatic carbocycles. The summed E-state index contributed by atoms with van der Waals surface area (Å²) in [5.41, 5.74) is 2.58. The zero-order valence-corrected chi connectivity index (χ0v) is 17.1. The van der Waals surface area contributed by atoms with Crippen molar-refractivity contribution in [2.45, 2.75) is 44.5 Å². The monoisotopic (exact) mass is 410 g/mol. The van der Waals surface area contributed by atoms with Gasteiger partial charge in [0.2, 0.25) is 0 Å². The number of aromatic nitrogens is 2. The third kappa shape index (κ3) is 6.15. The highest BCUT2D eigenvalue weighted by molar-refractivity contribution is 5.86. The van der Waals surface area contributed by atoms with Gasteiger partial charge < -0.3 is 19.1 Å². The molecule has 1 N–H and O–H groups in total. The number of benzene rings is 1. The molecule has 1 aliphatic carbocycles. The number of ether oxygens (including phenoxy) is 2. The lowest BCUT2D eigenvalue weighted by Gasteiger charge is -2.25. The maximum Gasteiger partial charge on any atom is 0.331 e. The summed E-state index contributed by atoms with van der Waals surface area (Å²) in [6, 6.07) is 7.71. The predicted octanol–water partition coefficient (Wildman–Crippen LogP) is 2.38. The molecule has 7 heteroatoms. The molecule has 0 aliphatic heterocycles. The quantitative estimate of drug-likeness (QED) is 0.473. The summed E-state index contributed by atoms with van der Waals surface area (Å²) in [6.45, 7) is 1.39. The van der Waals surface area contributed by atoms with Crippen molar-refractivity contribution in [3.63, 3.8) is 0 Å².